The molecule has 7 heteroatoms. The molecular formula is C16H18N6S. The van der Waals surface area contributed by atoms with Gasteiger partial charge >= 0.3 is 0 Å². The zero-order valence-electron chi connectivity index (χ0n) is 13.3. The van der Waals surface area contributed by atoms with Gasteiger partial charge in [-0.15, -0.1) is 11.3 Å². The first-order valence-electron chi connectivity index (χ1n) is 7.66. The molecule has 4 aromatic rings. The number of hydrogen-bond donors (Lipinski definition) is 1. The quantitative estimate of drug-likeness (QED) is 0.619. The van der Waals surface area contributed by atoms with Crippen LogP contribution in [0.5, 0.6) is 0 Å². The molecule has 0 aliphatic carbocycles. The van der Waals surface area contributed by atoms with Crippen LogP contribution in [0.15, 0.2) is 36.1 Å². The average molecular weight is 326 g/mol. The highest BCUT2D eigenvalue weighted by atomic mass is 32.1. The second-order valence-corrected chi connectivity index (χ2v) is 6.85. The number of H-pyrrole nitrogens is 1. The summed E-state index contributed by atoms with van der Waals surface area (Å²) in [4.78, 5) is 12.5. The maximum absolute atomic E-state index is 4.79. The fraction of sp³-hybridized carbons (Fsp3) is 0.312. The Balaban J connectivity index is 1.81. The monoisotopic (exact) mass is 326 g/mol. The highest BCUT2D eigenvalue weighted by molar-refractivity contribution is 7.12. The predicted molar refractivity (Wildman–Crippen MR) is 91.9 cm³/mol. The summed E-state index contributed by atoms with van der Waals surface area (Å²) in [5.41, 5.74) is 2.85. The molecule has 4 heterocycles. The summed E-state index contributed by atoms with van der Waals surface area (Å²) in [6.45, 7) is 6.56. The topological polar surface area (TPSA) is 64.3 Å². The van der Waals surface area contributed by atoms with Gasteiger partial charge in [-0.1, -0.05) is 13.8 Å². The molecule has 1 atom stereocenters. The number of nitrogens with zero attached hydrogens (tertiary/aromatic N) is 5. The minimum Gasteiger partial charge on any atom is -0.334 e. The molecule has 0 aliphatic rings. The minimum absolute atomic E-state index is 0.300. The van der Waals surface area contributed by atoms with E-state index >= 15 is 0 Å². The first-order chi connectivity index (χ1) is 11.1. The van der Waals surface area contributed by atoms with Gasteiger partial charge in [-0.05, 0) is 25.0 Å². The van der Waals surface area contributed by atoms with E-state index in [4.69, 9.17) is 4.98 Å². The zero-order chi connectivity index (χ0) is 16.0. The molecule has 4 aromatic heterocycles. The SMILES string of the molecule is CC(C)[C@H](C)n1ncc2[nH]c(-c3cccn3-c3nccs3)nc21. The van der Waals surface area contributed by atoms with Crippen LogP contribution in [0.4, 0.5) is 0 Å². The van der Waals surface area contributed by atoms with Gasteiger partial charge in [-0.3, -0.25) is 4.57 Å². The van der Waals surface area contributed by atoms with E-state index in [-0.39, 0.29) is 0 Å². The average Bonchev–Trinajstić information content (AvgIpc) is 3.27. The van der Waals surface area contributed by atoms with Gasteiger partial charge in [0, 0.05) is 17.8 Å². The lowest BCUT2D eigenvalue weighted by Crippen LogP contribution is -2.12. The van der Waals surface area contributed by atoms with Crippen molar-refractivity contribution >= 4 is 22.5 Å². The molecule has 0 spiro atoms. The molecule has 0 saturated carbocycles. The van der Waals surface area contributed by atoms with Crippen molar-refractivity contribution in [3.63, 3.8) is 0 Å². The van der Waals surface area contributed by atoms with Crippen molar-refractivity contribution in [3.8, 4) is 16.6 Å². The molecule has 0 bridgehead atoms. The number of nitrogens with one attached hydrogen (secondary N) is 1. The van der Waals surface area contributed by atoms with Crippen molar-refractivity contribution in [3.05, 3.63) is 36.1 Å². The minimum atomic E-state index is 0.300. The number of fused-ring (bicyclic) bond motifs is 1. The second kappa shape index (κ2) is 5.34. The lowest BCUT2D eigenvalue weighted by Gasteiger charge is -2.15. The van der Waals surface area contributed by atoms with Crippen LogP contribution in [0.25, 0.3) is 27.8 Å². The summed E-state index contributed by atoms with van der Waals surface area (Å²) in [7, 11) is 0. The molecule has 6 nitrogen and oxygen atoms in total. The van der Waals surface area contributed by atoms with E-state index in [1.165, 1.54) is 0 Å². The van der Waals surface area contributed by atoms with Gasteiger partial charge in [0.15, 0.2) is 16.6 Å². The highest BCUT2D eigenvalue weighted by Gasteiger charge is 2.18. The van der Waals surface area contributed by atoms with Crippen LogP contribution < -0.4 is 0 Å². The van der Waals surface area contributed by atoms with Crippen molar-refractivity contribution in [2.75, 3.05) is 0 Å². The Morgan fingerprint density at radius 2 is 2.13 bits per heavy atom. The molecule has 0 amide bonds. The summed E-state index contributed by atoms with van der Waals surface area (Å²) in [6, 6.07) is 4.35. The Hall–Kier alpha value is -2.41. The van der Waals surface area contributed by atoms with Crippen LogP contribution in [-0.4, -0.2) is 29.3 Å². The smallest absolute Gasteiger partial charge is 0.194 e. The predicted octanol–water partition coefficient (Wildman–Crippen LogP) is 3.89. The summed E-state index contributed by atoms with van der Waals surface area (Å²) in [6.07, 6.45) is 5.66. The van der Waals surface area contributed by atoms with Gasteiger partial charge in [0.05, 0.1) is 17.9 Å². The molecule has 0 unspecified atom stereocenters. The van der Waals surface area contributed by atoms with Crippen LogP contribution in [0.3, 0.4) is 0 Å². The second-order valence-electron chi connectivity index (χ2n) is 5.97. The van der Waals surface area contributed by atoms with E-state index in [1.54, 1.807) is 11.3 Å². The van der Waals surface area contributed by atoms with Gasteiger partial charge in [0.2, 0.25) is 0 Å². The van der Waals surface area contributed by atoms with Crippen molar-refractivity contribution < 1.29 is 0 Å². The zero-order valence-corrected chi connectivity index (χ0v) is 14.1. The van der Waals surface area contributed by atoms with E-state index < -0.39 is 0 Å². The van der Waals surface area contributed by atoms with Crippen LogP contribution in [0.1, 0.15) is 26.8 Å². The number of rotatable bonds is 4. The first-order valence-corrected chi connectivity index (χ1v) is 8.54. The molecule has 0 saturated heterocycles. The van der Waals surface area contributed by atoms with Crippen molar-refractivity contribution in [1.82, 2.24) is 29.3 Å². The third-order valence-corrected chi connectivity index (χ3v) is 4.98. The normalized spacial score (nSPS) is 13.2. The molecule has 23 heavy (non-hydrogen) atoms. The third kappa shape index (κ3) is 2.28. The van der Waals surface area contributed by atoms with Crippen molar-refractivity contribution in [1.29, 1.82) is 0 Å². The molecule has 4 rings (SSSR count). The van der Waals surface area contributed by atoms with Crippen LogP contribution in [0.2, 0.25) is 0 Å². The third-order valence-electron chi connectivity index (χ3n) is 4.21. The molecular weight excluding hydrogens is 308 g/mol. The van der Waals surface area contributed by atoms with E-state index in [9.17, 15) is 0 Å². The molecule has 1 N–H and O–H groups in total. The molecule has 118 valence electrons. The van der Waals surface area contributed by atoms with Gasteiger partial charge in [-0.25, -0.2) is 14.6 Å². The largest absolute Gasteiger partial charge is 0.334 e. The van der Waals surface area contributed by atoms with E-state index in [0.29, 0.717) is 12.0 Å². The van der Waals surface area contributed by atoms with Gasteiger partial charge in [0.25, 0.3) is 0 Å². The lowest BCUT2D eigenvalue weighted by molar-refractivity contribution is 0.384. The van der Waals surface area contributed by atoms with Crippen LogP contribution in [0, 0.1) is 5.92 Å². The summed E-state index contributed by atoms with van der Waals surface area (Å²) in [5.74, 6) is 1.33. The van der Waals surface area contributed by atoms with E-state index in [1.807, 2.05) is 45.4 Å². The van der Waals surface area contributed by atoms with Crippen LogP contribution >= 0.6 is 11.3 Å². The Kier molecular flexibility index (Phi) is 3.30. The van der Waals surface area contributed by atoms with E-state index in [0.717, 1.165) is 27.8 Å². The molecule has 0 aliphatic heterocycles. The highest BCUT2D eigenvalue weighted by Crippen LogP contribution is 2.27. The number of aromatic amines is 1. The standard InChI is InChI=1S/C16H18N6S/c1-10(2)11(3)22-15-12(9-18-22)19-14(20-15)13-5-4-7-21(13)16-17-6-8-23-16/h4-11H,1-3H3,(H,19,20)/t11-/m0/s1. The fourth-order valence-electron chi connectivity index (χ4n) is 2.59. The van der Waals surface area contributed by atoms with Gasteiger partial charge in [0.1, 0.15) is 5.52 Å². The number of imidazole rings is 1. The lowest BCUT2D eigenvalue weighted by atomic mass is 10.1. The van der Waals surface area contributed by atoms with Gasteiger partial charge < -0.3 is 4.98 Å². The Labute approximate surface area is 137 Å². The number of aromatic nitrogens is 6. The first kappa shape index (κ1) is 14.2. The Morgan fingerprint density at radius 1 is 1.26 bits per heavy atom. The van der Waals surface area contributed by atoms with Crippen LogP contribution in [-0.2, 0) is 0 Å². The number of thiazole rings is 1. The fourth-order valence-corrected chi connectivity index (χ4v) is 3.23. The molecule has 0 aromatic carbocycles. The summed E-state index contributed by atoms with van der Waals surface area (Å²) < 4.78 is 4.04. The van der Waals surface area contributed by atoms with E-state index in [2.05, 4.69) is 35.8 Å². The summed E-state index contributed by atoms with van der Waals surface area (Å²) in [5, 5.41) is 7.38. The maximum Gasteiger partial charge on any atom is 0.194 e. The Bertz CT molecular complexity index is 927. The Morgan fingerprint density at radius 3 is 2.87 bits per heavy atom. The van der Waals surface area contributed by atoms with Crippen molar-refractivity contribution in [2.24, 2.45) is 5.92 Å². The number of hydrogen-bond acceptors (Lipinski definition) is 4. The van der Waals surface area contributed by atoms with Crippen molar-refractivity contribution in [2.45, 2.75) is 26.8 Å². The van der Waals surface area contributed by atoms with Gasteiger partial charge in [-0.2, -0.15) is 5.10 Å². The summed E-state index contributed by atoms with van der Waals surface area (Å²) >= 11 is 1.60. The maximum atomic E-state index is 4.79. The molecule has 0 fully saturated rings. The molecule has 0 radical (unpaired) electrons.